The van der Waals surface area contributed by atoms with Gasteiger partial charge in [-0.05, 0) is 24.6 Å². The van der Waals surface area contributed by atoms with Gasteiger partial charge in [0.2, 0.25) is 0 Å². The van der Waals surface area contributed by atoms with Gasteiger partial charge in [0, 0.05) is 5.92 Å². The molecule has 0 bridgehead atoms. The monoisotopic (exact) mass is 174 g/mol. The zero-order chi connectivity index (χ0) is 9.84. The number of rotatable bonds is 2. The van der Waals surface area contributed by atoms with Gasteiger partial charge in [-0.1, -0.05) is 12.1 Å². The predicted molar refractivity (Wildman–Crippen MR) is 49.4 cm³/mol. The highest BCUT2D eigenvalue weighted by Gasteiger charge is 2.05. The molecule has 1 aromatic carbocycles. The van der Waals surface area contributed by atoms with Crippen molar-refractivity contribution in [3.63, 3.8) is 0 Å². The summed E-state index contributed by atoms with van der Waals surface area (Å²) in [6.45, 7) is 7.36. The Balaban J connectivity index is 3.15. The van der Waals surface area contributed by atoms with Crippen LogP contribution in [0.1, 0.15) is 17.0 Å². The Labute approximate surface area is 77.1 Å². The third kappa shape index (κ3) is 1.94. The van der Waals surface area contributed by atoms with Crippen LogP contribution in [0, 0.1) is 24.1 Å². The summed E-state index contributed by atoms with van der Waals surface area (Å²) in [4.78, 5) is 0. The van der Waals surface area contributed by atoms with Gasteiger partial charge in [-0.15, -0.1) is 6.58 Å². The van der Waals surface area contributed by atoms with Gasteiger partial charge in [0.05, 0.1) is 5.56 Å². The fraction of sp³-hybridized carbons (Fsp3) is 0.0909. The van der Waals surface area contributed by atoms with Crippen LogP contribution in [0.5, 0.6) is 0 Å². The second-order valence-electron chi connectivity index (χ2n) is 2.69. The molecule has 1 aromatic rings. The fourth-order valence-corrected chi connectivity index (χ4v) is 0.995. The minimum Gasteiger partial charge on any atom is -0.206 e. The molecule has 1 radical (unpaired) electrons. The summed E-state index contributed by atoms with van der Waals surface area (Å²) in [6.07, 6.45) is 1.65. The Morgan fingerprint density at radius 3 is 2.77 bits per heavy atom. The molecule has 0 heterocycles. The van der Waals surface area contributed by atoms with Crippen LogP contribution < -0.4 is 0 Å². The third-order valence-electron chi connectivity index (χ3n) is 1.82. The first-order valence-electron chi connectivity index (χ1n) is 3.84. The molecule has 2 heteroatoms. The molecule has 0 spiro atoms. The van der Waals surface area contributed by atoms with E-state index in [0.717, 1.165) is 5.56 Å². The zero-order valence-electron chi connectivity index (χ0n) is 7.13. The lowest BCUT2D eigenvalue weighted by atomic mass is 9.99. The van der Waals surface area contributed by atoms with Crippen molar-refractivity contribution < 1.29 is 4.39 Å². The van der Waals surface area contributed by atoms with Crippen molar-refractivity contribution in [2.24, 2.45) is 0 Å². The minimum absolute atomic E-state index is 0.0491. The molecule has 0 aromatic heterocycles. The highest BCUT2D eigenvalue weighted by atomic mass is 19.1. The summed E-state index contributed by atoms with van der Waals surface area (Å²) in [7, 11) is 0. The lowest BCUT2D eigenvalue weighted by molar-refractivity contribution is 0.623. The minimum atomic E-state index is -0.498. The van der Waals surface area contributed by atoms with E-state index in [1.165, 1.54) is 12.1 Å². The summed E-state index contributed by atoms with van der Waals surface area (Å²) in [5.41, 5.74) is 0.848. The molecule has 1 rings (SSSR count). The Kier molecular flexibility index (Phi) is 2.81. The average molecular weight is 174 g/mol. The highest BCUT2D eigenvalue weighted by Crippen LogP contribution is 2.18. The molecule has 65 valence electrons. The summed E-state index contributed by atoms with van der Waals surface area (Å²) in [5.74, 6) is -0.602. The number of halogens is 1. The van der Waals surface area contributed by atoms with Crippen molar-refractivity contribution >= 4 is 0 Å². The summed E-state index contributed by atoms with van der Waals surface area (Å²) in [6, 6.07) is 6.15. The van der Waals surface area contributed by atoms with E-state index in [1.54, 1.807) is 18.2 Å². The van der Waals surface area contributed by atoms with Crippen LogP contribution in [0.15, 0.2) is 30.9 Å². The molecule has 1 unspecified atom stereocenters. The molecule has 1 nitrogen and oxygen atoms in total. The van der Waals surface area contributed by atoms with Gasteiger partial charge >= 0.3 is 0 Å². The Morgan fingerprint density at radius 2 is 2.23 bits per heavy atom. The first-order chi connectivity index (χ1) is 6.19. The lowest BCUT2D eigenvalue weighted by Crippen LogP contribution is -1.92. The normalized spacial score (nSPS) is 11.8. The van der Waals surface area contributed by atoms with Crippen LogP contribution in [0.4, 0.5) is 4.39 Å². The van der Waals surface area contributed by atoms with Gasteiger partial charge in [0.1, 0.15) is 11.9 Å². The van der Waals surface area contributed by atoms with Crippen LogP contribution in [-0.2, 0) is 0 Å². The van der Waals surface area contributed by atoms with E-state index in [1.807, 2.05) is 0 Å². The number of hydrogen-bond acceptors (Lipinski definition) is 1. The average Bonchev–Trinajstić information content (AvgIpc) is 2.17. The van der Waals surface area contributed by atoms with Crippen LogP contribution >= 0.6 is 0 Å². The number of nitrogens with zero attached hydrogens (tertiary/aromatic N) is 1. The number of hydrogen-bond donors (Lipinski definition) is 0. The van der Waals surface area contributed by atoms with E-state index in [9.17, 15) is 4.39 Å². The molecule has 0 N–H and O–H groups in total. The fourth-order valence-electron chi connectivity index (χ4n) is 0.995. The van der Waals surface area contributed by atoms with Crippen LogP contribution in [0.2, 0.25) is 0 Å². The van der Waals surface area contributed by atoms with E-state index in [-0.39, 0.29) is 11.5 Å². The first kappa shape index (κ1) is 9.47. The maximum Gasteiger partial charge on any atom is 0.140 e. The van der Waals surface area contributed by atoms with E-state index in [2.05, 4.69) is 13.5 Å². The van der Waals surface area contributed by atoms with Gasteiger partial charge in [-0.2, -0.15) is 5.26 Å². The third-order valence-corrected chi connectivity index (χ3v) is 1.82. The van der Waals surface area contributed by atoms with E-state index in [0.29, 0.717) is 0 Å². The van der Waals surface area contributed by atoms with E-state index < -0.39 is 5.82 Å². The number of benzene rings is 1. The van der Waals surface area contributed by atoms with Gasteiger partial charge < -0.3 is 0 Å². The molecule has 0 aliphatic rings. The lowest BCUT2D eigenvalue weighted by Gasteiger charge is -2.05. The quantitative estimate of drug-likeness (QED) is 0.632. The SMILES string of the molecule is [CH2]C(C=C)c1ccc(F)c(C#N)c1. The van der Waals surface area contributed by atoms with Crippen molar-refractivity contribution in [2.75, 3.05) is 0 Å². The molecule has 0 saturated carbocycles. The van der Waals surface area contributed by atoms with Crippen molar-refractivity contribution in [3.8, 4) is 6.07 Å². The highest BCUT2D eigenvalue weighted by molar-refractivity contribution is 5.37. The molecule has 0 aliphatic carbocycles. The second-order valence-corrected chi connectivity index (χ2v) is 2.69. The van der Waals surface area contributed by atoms with E-state index in [4.69, 9.17) is 5.26 Å². The molecule has 0 aliphatic heterocycles. The number of nitriles is 1. The van der Waals surface area contributed by atoms with Crippen LogP contribution in [-0.4, -0.2) is 0 Å². The van der Waals surface area contributed by atoms with Gasteiger partial charge in [0.15, 0.2) is 0 Å². The molecular weight excluding hydrogens is 165 g/mol. The Hall–Kier alpha value is -1.62. The Bertz CT molecular complexity index is 363. The van der Waals surface area contributed by atoms with Crippen molar-refractivity contribution in [3.05, 3.63) is 54.7 Å². The van der Waals surface area contributed by atoms with Crippen LogP contribution in [0.25, 0.3) is 0 Å². The smallest absolute Gasteiger partial charge is 0.140 e. The summed E-state index contributed by atoms with van der Waals surface area (Å²) >= 11 is 0. The first-order valence-corrected chi connectivity index (χ1v) is 3.84. The van der Waals surface area contributed by atoms with Crippen LogP contribution in [0.3, 0.4) is 0 Å². The van der Waals surface area contributed by atoms with Crippen molar-refractivity contribution in [1.29, 1.82) is 5.26 Å². The van der Waals surface area contributed by atoms with E-state index >= 15 is 0 Å². The summed E-state index contributed by atoms with van der Waals surface area (Å²) in [5, 5.41) is 8.56. The maximum absolute atomic E-state index is 12.9. The van der Waals surface area contributed by atoms with Gasteiger partial charge in [-0.3, -0.25) is 0 Å². The topological polar surface area (TPSA) is 23.8 Å². The molecule has 13 heavy (non-hydrogen) atoms. The predicted octanol–water partition coefficient (Wildman–Crippen LogP) is 2.80. The largest absolute Gasteiger partial charge is 0.206 e. The van der Waals surface area contributed by atoms with Gasteiger partial charge in [0.25, 0.3) is 0 Å². The molecule has 1 atom stereocenters. The van der Waals surface area contributed by atoms with Crippen molar-refractivity contribution in [1.82, 2.24) is 0 Å². The Morgan fingerprint density at radius 1 is 1.54 bits per heavy atom. The second kappa shape index (κ2) is 3.86. The number of allylic oxidation sites excluding steroid dienone is 1. The molecular formula is C11H9FN. The molecule has 0 saturated heterocycles. The standard InChI is InChI=1S/C11H9FN/c1-3-8(2)9-4-5-11(12)10(6-9)7-13/h3-6,8H,1-2H2. The zero-order valence-corrected chi connectivity index (χ0v) is 7.13. The van der Waals surface area contributed by atoms with Gasteiger partial charge in [-0.25, -0.2) is 4.39 Å². The van der Waals surface area contributed by atoms with Crippen molar-refractivity contribution in [2.45, 2.75) is 5.92 Å². The molecule has 0 fully saturated rings. The molecule has 0 amide bonds. The maximum atomic E-state index is 12.9. The summed E-state index contributed by atoms with van der Waals surface area (Å²) < 4.78 is 12.9.